The summed E-state index contributed by atoms with van der Waals surface area (Å²) < 4.78 is 54.7. The molecule has 0 bridgehead atoms. The van der Waals surface area contributed by atoms with Gasteiger partial charge in [0, 0.05) is 33.2 Å². The molecule has 1 saturated heterocycles. The number of likely N-dealkylation sites (tertiary alicyclic amines) is 1. The Morgan fingerprint density at radius 1 is 1.13 bits per heavy atom. The van der Waals surface area contributed by atoms with Crippen LogP contribution in [0.3, 0.4) is 0 Å². The first-order valence-electron chi connectivity index (χ1n) is 12.0. The van der Waals surface area contributed by atoms with Gasteiger partial charge in [0.1, 0.15) is 22.8 Å². The van der Waals surface area contributed by atoms with Crippen LogP contribution in [0.15, 0.2) is 41.3 Å². The van der Waals surface area contributed by atoms with E-state index in [1.165, 1.54) is 17.4 Å². The molecule has 0 spiro atoms. The lowest BCUT2D eigenvalue weighted by atomic mass is 10.1. The van der Waals surface area contributed by atoms with Crippen molar-refractivity contribution in [3.63, 3.8) is 0 Å². The summed E-state index contributed by atoms with van der Waals surface area (Å²) in [6.07, 6.45) is 0.637. The number of hydroxylamine groups is 1. The van der Waals surface area contributed by atoms with Crippen LogP contribution in [-0.2, 0) is 20.5 Å². The lowest BCUT2D eigenvalue weighted by Gasteiger charge is -2.30. The summed E-state index contributed by atoms with van der Waals surface area (Å²) in [5, 5.41) is 8.93. The molecule has 208 valence electrons. The lowest BCUT2D eigenvalue weighted by Crippen LogP contribution is -2.43. The molecule has 1 atom stereocenters. The number of hydrogen-bond donors (Lipinski definition) is 2. The Morgan fingerprint density at radius 3 is 2.32 bits per heavy atom. The summed E-state index contributed by atoms with van der Waals surface area (Å²) in [5.74, 6) is -3.50. The molecule has 1 fully saturated rings. The summed E-state index contributed by atoms with van der Waals surface area (Å²) in [5.41, 5.74) is 2.38. The molecule has 1 aliphatic rings. The number of likely N-dealkylation sites (N-methyl/N-ethyl adjacent to an activating group) is 1. The van der Waals surface area contributed by atoms with E-state index in [9.17, 15) is 22.6 Å². The maximum absolute atomic E-state index is 14.8. The molecule has 0 aromatic heterocycles. The van der Waals surface area contributed by atoms with Crippen molar-refractivity contribution in [3.05, 3.63) is 53.6 Å². The number of nitrogens with one attached hydrogen (secondary N) is 1. The highest BCUT2D eigenvalue weighted by molar-refractivity contribution is 7.82. The van der Waals surface area contributed by atoms with Gasteiger partial charge in [0.05, 0.1) is 11.4 Å². The number of ether oxygens (including phenoxy) is 2. The Kier molecular flexibility index (Phi) is 10.5. The molecule has 2 aromatic carbocycles. The Hall–Kier alpha value is -3.13. The molecule has 0 saturated carbocycles. The van der Waals surface area contributed by atoms with Gasteiger partial charge in [-0.05, 0) is 51.1 Å². The van der Waals surface area contributed by atoms with E-state index < -0.39 is 46.9 Å². The van der Waals surface area contributed by atoms with E-state index in [1.54, 1.807) is 24.3 Å². The minimum absolute atomic E-state index is 0.00448. The maximum Gasteiger partial charge on any atom is 0.409 e. The molecule has 0 radical (unpaired) electrons. The summed E-state index contributed by atoms with van der Waals surface area (Å²) >= 11 is 0. The van der Waals surface area contributed by atoms with Crippen molar-refractivity contribution in [2.75, 3.05) is 46.8 Å². The summed E-state index contributed by atoms with van der Waals surface area (Å²) in [7, 11) is 1.26. The number of carbonyl (C=O) groups excluding carboxylic acids is 2. The maximum atomic E-state index is 14.8. The number of halogens is 2. The van der Waals surface area contributed by atoms with Crippen LogP contribution in [0.4, 0.5) is 13.6 Å². The topological polar surface area (TPSA) is 112 Å². The van der Waals surface area contributed by atoms with Gasteiger partial charge in [0.15, 0.2) is 17.4 Å². The Bertz CT molecular complexity index is 1120. The normalized spacial score (nSPS) is 15.2. The molecule has 2 aromatic rings. The molecule has 13 heteroatoms. The zero-order chi connectivity index (χ0) is 27.8. The van der Waals surface area contributed by atoms with E-state index in [1.807, 2.05) is 14.0 Å². The fourth-order valence-corrected chi connectivity index (χ4v) is 4.90. The van der Waals surface area contributed by atoms with Crippen molar-refractivity contribution in [2.24, 2.45) is 0 Å². The number of rotatable bonds is 10. The summed E-state index contributed by atoms with van der Waals surface area (Å²) in [6.45, 7) is 2.79. The summed E-state index contributed by atoms with van der Waals surface area (Å²) in [4.78, 5) is 27.4. The first-order chi connectivity index (χ1) is 18.1. The van der Waals surface area contributed by atoms with Crippen LogP contribution in [-0.4, -0.2) is 88.4 Å². The first-order valence-corrected chi connectivity index (χ1v) is 13.1. The first kappa shape index (κ1) is 29.4. The molecule has 1 aliphatic heterocycles. The third kappa shape index (κ3) is 8.18. The fraction of sp³-hybridized carbons (Fsp3) is 0.440. The van der Waals surface area contributed by atoms with Crippen molar-refractivity contribution in [1.29, 1.82) is 0 Å². The SMILES string of the molecule is Cc1ccc(Oc2c(F)cc(S(=O)N(CCN(C)C(=O)OC3CCN(C)CC3)CC(=O)NO)cc2F)cc1. The number of amides is 2. The molecule has 10 nitrogen and oxygen atoms in total. The van der Waals surface area contributed by atoms with E-state index in [4.69, 9.17) is 14.7 Å². The largest absolute Gasteiger partial charge is 0.451 e. The van der Waals surface area contributed by atoms with Crippen molar-refractivity contribution in [3.8, 4) is 11.5 Å². The molecule has 0 aliphatic carbocycles. The van der Waals surface area contributed by atoms with Crippen molar-refractivity contribution >= 4 is 23.0 Å². The van der Waals surface area contributed by atoms with E-state index in [0.29, 0.717) is 12.8 Å². The van der Waals surface area contributed by atoms with Gasteiger partial charge in [0.25, 0.3) is 5.91 Å². The van der Waals surface area contributed by atoms with Crippen LogP contribution in [0.2, 0.25) is 0 Å². The van der Waals surface area contributed by atoms with E-state index in [0.717, 1.165) is 35.1 Å². The zero-order valence-corrected chi connectivity index (χ0v) is 22.3. The third-order valence-corrected chi connectivity index (χ3v) is 7.44. The number of aryl methyl sites for hydroxylation is 1. The van der Waals surface area contributed by atoms with Gasteiger partial charge >= 0.3 is 6.09 Å². The predicted octanol–water partition coefficient (Wildman–Crippen LogP) is 3.06. The smallest absolute Gasteiger partial charge is 0.409 e. The number of hydrogen-bond acceptors (Lipinski definition) is 7. The average molecular weight is 555 g/mol. The van der Waals surface area contributed by atoms with Crippen LogP contribution in [0.1, 0.15) is 18.4 Å². The van der Waals surface area contributed by atoms with Crippen LogP contribution < -0.4 is 10.2 Å². The minimum Gasteiger partial charge on any atom is -0.451 e. The van der Waals surface area contributed by atoms with Crippen LogP contribution in [0, 0.1) is 18.6 Å². The van der Waals surface area contributed by atoms with Crippen LogP contribution in [0.5, 0.6) is 11.5 Å². The van der Waals surface area contributed by atoms with Gasteiger partial charge in [-0.3, -0.25) is 10.0 Å². The second-order valence-electron chi connectivity index (χ2n) is 9.09. The van der Waals surface area contributed by atoms with E-state index in [-0.39, 0.29) is 29.8 Å². The van der Waals surface area contributed by atoms with E-state index >= 15 is 0 Å². The highest BCUT2D eigenvalue weighted by Crippen LogP contribution is 2.30. The Labute approximate surface area is 222 Å². The highest BCUT2D eigenvalue weighted by Gasteiger charge is 2.25. The van der Waals surface area contributed by atoms with Gasteiger partial charge < -0.3 is 19.3 Å². The second kappa shape index (κ2) is 13.6. The van der Waals surface area contributed by atoms with Gasteiger partial charge in [0.2, 0.25) is 0 Å². The summed E-state index contributed by atoms with van der Waals surface area (Å²) in [6, 6.07) is 8.27. The highest BCUT2D eigenvalue weighted by atomic mass is 32.2. The standard InChI is InChI=1S/C25H32F2N4O6S/c1-17-4-6-18(7-5-17)36-24-21(26)14-20(15-22(24)27)38(35)31(16-23(32)28-34)13-12-30(3)25(33)37-19-8-10-29(2)11-9-19/h4-7,14-15,19,34H,8-13,16H2,1-3H3,(H,28,32). The van der Waals surface area contributed by atoms with Gasteiger partial charge in [-0.1, -0.05) is 17.7 Å². The molecule has 1 heterocycles. The molecule has 3 rings (SSSR count). The molecular weight excluding hydrogens is 522 g/mol. The molecule has 38 heavy (non-hydrogen) atoms. The number of benzene rings is 2. The number of nitrogens with zero attached hydrogens (tertiary/aromatic N) is 3. The number of carbonyl (C=O) groups is 2. The van der Waals surface area contributed by atoms with Crippen LogP contribution >= 0.6 is 0 Å². The molecular formula is C25H32F2N4O6S. The third-order valence-electron chi connectivity index (χ3n) is 6.02. The van der Waals surface area contributed by atoms with Crippen molar-refractivity contribution < 1.29 is 37.3 Å². The fourth-order valence-electron chi connectivity index (χ4n) is 3.71. The van der Waals surface area contributed by atoms with Gasteiger partial charge in [-0.15, -0.1) is 0 Å². The quantitative estimate of drug-likeness (QED) is 0.343. The Balaban J connectivity index is 1.68. The molecule has 2 amide bonds. The van der Waals surface area contributed by atoms with Crippen LogP contribution in [0.25, 0.3) is 0 Å². The van der Waals surface area contributed by atoms with Crippen molar-refractivity contribution in [1.82, 2.24) is 19.6 Å². The average Bonchev–Trinajstić information content (AvgIpc) is 2.90. The molecule has 2 N–H and O–H groups in total. The monoisotopic (exact) mass is 554 g/mol. The van der Waals surface area contributed by atoms with E-state index in [2.05, 4.69) is 4.90 Å². The number of piperidine rings is 1. The zero-order valence-electron chi connectivity index (χ0n) is 21.5. The molecule has 1 unspecified atom stereocenters. The lowest BCUT2D eigenvalue weighted by molar-refractivity contribution is -0.129. The van der Waals surface area contributed by atoms with Gasteiger partial charge in [-0.25, -0.2) is 27.6 Å². The second-order valence-corrected chi connectivity index (χ2v) is 10.6. The predicted molar refractivity (Wildman–Crippen MR) is 135 cm³/mol. The Morgan fingerprint density at radius 2 is 1.74 bits per heavy atom. The van der Waals surface area contributed by atoms with Crippen molar-refractivity contribution in [2.45, 2.75) is 30.8 Å². The minimum atomic E-state index is -2.22. The van der Waals surface area contributed by atoms with Gasteiger partial charge in [-0.2, -0.15) is 0 Å².